The van der Waals surface area contributed by atoms with E-state index in [-0.39, 0.29) is 10.8 Å². The zero-order valence-corrected chi connectivity index (χ0v) is 23.6. The van der Waals surface area contributed by atoms with Crippen molar-refractivity contribution in [1.82, 2.24) is 0 Å². The van der Waals surface area contributed by atoms with Crippen molar-refractivity contribution in [3.8, 4) is 11.5 Å². The first-order valence-electron chi connectivity index (χ1n) is 12.9. The number of hydrogen-bond donors (Lipinski definition) is 0. The number of rotatable bonds is 10. The molecule has 2 heterocycles. The van der Waals surface area contributed by atoms with Crippen molar-refractivity contribution in [1.29, 1.82) is 0 Å². The molecule has 2 aliphatic rings. The van der Waals surface area contributed by atoms with Gasteiger partial charge in [0, 0.05) is 33.8 Å². The second-order valence-corrected chi connectivity index (χ2v) is 13.1. The fourth-order valence-electron chi connectivity index (χ4n) is 4.14. The van der Waals surface area contributed by atoms with E-state index in [0.29, 0.717) is 25.4 Å². The largest absolute Gasteiger partial charge is 0.493 e. The molecule has 5 heteroatoms. The summed E-state index contributed by atoms with van der Waals surface area (Å²) in [6.45, 7) is 21.0. The molecule has 2 fully saturated rings. The van der Waals surface area contributed by atoms with Gasteiger partial charge in [-0.05, 0) is 60.1 Å². The van der Waals surface area contributed by atoms with E-state index in [2.05, 4.69) is 79.7 Å². The Labute approximate surface area is 216 Å². The van der Waals surface area contributed by atoms with E-state index in [9.17, 15) is 0 Å². The third-order valence-corrected chi connectivity index (χ3v) is 7.91. The van der Waals surface area contributed by atoms with Crippen LogP contribution >= 0.6 is 11.8 Å². The van der Waals surface area contributed by atoms with Crippen LogP contribution in [0.1, 0.15) is 76.6 Å². The van der Waals surface area contributed by atoms with Gasteiger partial charge < -0.3 is 18.9 Å². The van der Waals surface area contributed by atoms with Crippen LogP contribution in [0.25, 0.3) is 0 Å². The zero-order valence-electron chi connectivity index (χ0n) is 22.7. The maximum Gasteiger partial charge on any atom is 0.123 e. The normalized spacial score (nSPS) is 19.5. The fraction of sp³-hybridized carbons (Fsp3) is 0.600. The lowest BCUT2D eigenvalue weighted by molar-refractivity contribution is 0.277. The predicted octanol–water partition coefficient (Wildman–Crippen LogP) is 7.39. The van der Waals surface area contributed by atoms with Gasteiger partial charge in [-0.2, -0.15) is 0 Å². The third-order valence-electron chi connectivity index (χ3n) is 6.59. The molecule has 0 radical (unpaired) electrons. The van der Waals surface area contributed by atoms with Crippen molar-refractivity contribution >= 4 is 11.8 Å². The quantitative estimate of drug-likeness (QED) is 0.320. The molecule has 35 heavy (non-hydrogen) atoms. The van der Waals surface area contributed by atoms with Crippen LogP contribution in [0.2, 0.25) is 0 Å². The standard InChI is InChI=1S/C30H42O4S/c1-19-13-25(31-11-9-21-17-33-21)23(29(3,4)5)15-27(19)35-28-16-24(30(6,7)8)26(14-20(28)2)32-12-10-22-18-34-22/h13-16,21-22H,9-12,17-18H2,1-8H3. The SMILES string of the molecule is Cc1cc(OCCC2CO2)c(C(C)(C)C)cc1Sc1cc(C(C)(C)C)c(OCCC2CO2)cc1C. The maximum absolute atomic E-state index is 6.25. The average Bonchev–Trinajstić information content (AvgIpc) is 3.65. The summed E-state index contributed by atoms with van der Waals surface area (Å²) >= 11 is 1.85. The Morgan fingerprint density at radius 1 is 0.714 bits per heavy atom. The van der Waals surface area contributed by atoms with Crippen LogP contribution in [-0.4, -0.2) is 38.6 Å². The van der Waals surface area contributed by atoms with Crippen molar-refractivity contribution < 1.29 is 18.9 Å². The second kappa shape index (κ2) is 10.4. The summed E-state index contributed by atoms with van der Waals surface area (Å²) in [5.74, 6) is 1.99. The van der Waals surface area contributed by atoms with Crippen LogP contribution in [0.4, 0.5) is 0 Å². The molecule has 0 aliphatic carbocycles. The molecular weight excluding hydrogens is 456 g/mol. The molecule has 2 unspecified atom stereocenters. The number of benzene rings is 2. The Morgan fingerprint density at radius 2 is 1.09 bits per heavy atom. The van der Waals surface area contributed by atoms with Gasteiger partial charge in [0.2, 0.25) is 0 Å². The number of hydrogen-bond acceptors (Lipinski definition) is 5. The molecule has 2 saturated heterocycles. The lowest BCUT2D eigenvalue weighted by atomic mass is 9.85. The van der Waals surface area contributed by atoms with Crippen LogP contribution in [0.3, 0.4) is 0 Å². The van der Waals surface area contributed by atoms with E-state index in [1.807, 2.05) is 11.8 Å². The number of ether oxygens (including phenoxy) is 4. The van der Waals surface area contributed by atoms with E-state index in [1.54, 1.807) is 0 Å². The highest BCUT2D eigenvalue weighted by atomic mass is 32.2. The van der Waals surface area contributed by atoms with E-state index >= 15 is 0 Å². The van der Waals surface area contributed by atoms with E-state index in [4.69, 9.17) is 18.9 Å². The molecule has 0 spiro atoms. The Bertz CT molecular complexity index is 956. The first-order chi connectivity index (χ1) is 16.4. The minimum Gasteiger partial charge on any atom is -0.493 e. The molecule has 2 atom stereocenters. The number of aryl methyl sites for hydroxylation is 2. The van der Waals surface area contributed by atoms with Gasteiger partial charge in [0.1, 0.15) is 11.5 Å². The van der Waals surface area contributed by atoms with Crippen LogP contribution in [0.5, 0.6) is 11.5 Å². The summed E-state index contributed by atoms with van der Waals surface area (Å²) < 4.78 is 23.2. The minimum absolute atomic E-state index is 0.0109. The van der Waals surface area contributed by atoms with Crippen molar-refractivity contribution in [2.45, 2.75) is 101 Å². The first-order valence-corrected chi connectivity index (χ1v) is 13.7. The first kappa shape index (κ1) is 26.4. The second-order valence-electron chi connectivity index (χ2n) is 12.0. The van der Waals surface area contributed by atoms with Gasteiger partial charge in [0.25, 0.3) is 0 Å². The van der Waals surface area contributed by atoms with Crippen LogP contribution in [0.15, 0.2) is 34.1 Å². The van der Waals surface area contributed by atoms with Gasteiger partial charge in [0.05, 0.1) is 38.6 Å². The Hall–Kier alpha value is -1.69. The van der Waals surface area contributed by atoms with Gasteiger partial charge in [-0.25, -0.2) is 0 Å². The Balaban J connectivity index is 1.59. The summed E-state index contributed by atoms with van der Waals surface area (Å²) in [6, 6.07) is 9.10. The third kappa shape index (κ3) is 7.18. The van der Waals surface area contributed by atoms with Crippen molar-refractivity contribution in [2.75, 3.05) is 26.4 Å². The molecule has 0 bridgehead atoms. The monoisotopic (exact) mass is 498 g/mol. The smallest absolute Gasteiger partial charge is 0.123 e. The summed E-state index contributed by atoms with van der Waals surface area (Å²) in [6.07, 6.45) is 2.68. The molecule has 2 aromatic carbocycles. The molecule has 0 saturated carbocycles. The number of epoxide rings is 2. The molecular formula is C30H42O4S. The summed E-state index contributed by atoms with van der Waals surface area (Å²) in [5, 5.41) is 0. The minimum atomic E-state index is -0.0109. The Morgan fingerprint density at radius 3 is 1.40 bits per heavy atom. The molecule has 0 N–H and O–H groups in total. The van der Waals surface area contributed by atoms with Crippen molar-refractivity contribution in [3.63, 3.8) is 0 Å². The lowest BCUT2D eigenvalue weighted by Crippen LogP contribution is -2.15. The predicted molar refractivity (Wildman–Crippen MR) is 144 cm³/mol. The average molecular weight is 499 g/mol. The molecule has 2 aromatic rings. The molecule has 0 aromatic heterocycles. The van der Waals surface area contributed by atoms with Crippen LogP contribution in [-0.2, 0) is 20.3 Å². The van der Waals surface area contributed by atoms with Gasteiger partial charge in [-0.3, -0.25) is 0 Å². The topological polar surface area (TPSA) is 43.5 Å². The van der Waals surface area contributed by atoms with Crippen LogP contribution < -0.4 is 9.47 Å². The fourth-order valence-corrected chi connectivity index (χ4v) is 5.17. The lowest BCUT2D eigenvalue weighted by Gasteiger charge is -2.26. The highest BCUT2D eigenvalue weighted by molar-refractivity contribution is 7.99. The van der Waals surface area contributed by atoms with Crippen molar-refractivity contribution in [2.24, 2.45) is 0 Å². The van der Waals surface area contributed by atoms with Gasteiger partial charge in [-0.1, -0.05) is 53.3 Å². The van der Waals surface area contributed by atoms with E-state index in [0.717, 1.165) is 37.6 Å². The summed E-state index contributed by atoms with van der Waals surface area (Å²) in [4.78, 5) is 2.55. The van der Waals surface area contributed by atoms with Gasteiger partial charge >= 0.3 is 0 Å². The molecule has 4 nitrogen and oxygen atoms in total. The van der Waals surface area contributed by atoms with Crippen LogP contribution in [0, 0.1) is 13.8 Å². The zero-order chi connectivity index (χ0) is 25.4. The Kier molecular flexibility index (Phi) is 7.80. The summed E-state index contributed by atoms with van der Waals surface area (Å²) in [7, 11) is 0. The maximum atomic E-state index is 6.25. The van der Waals surface area contributed by atoms with E-state index in [1.165, 1.54) is 32.0 Å². The van der Waals surface area contributed by atoms with Gasteiger partial charge in [-0.15, -0.1) is 0 Å². The molecule has 192 valence electrons. The molecule has 2 aliphatic heterocycles. The highest BCUT2D eigenvalue weighted by Gasteiger charge is 2.26. The molecule has 0 amide bonds. The summed E-state index contributed by atoms with van der Waals surface area (Å²) in [5.41, 5.74) is 4.95. The van der Waals surface area contributed by atoms with Crippen molar-refractivity contribution in [3.05, 3.63) is 46.5 Å². The van der Waals surface area contributed by atoms with Gasteiger partial charge in [0.15, 0.2) is 0 Å². The van der Waals surface area contributed by atoms with E-state index < -0.39 is 0 Å². The molecule has 4 rings (SSSR count). The highest BCUT2D eigenvalue weighted by Crippen LogP contribution is 2.43.